The Morgan fingerprint density at radius 1 is 1.00 bits per heavy atom. The predicted molar refractivity (Wildman–Crippen MR) is 76.8 cm³/mol. The first-order valence-corrected chi connectivity index (χ1v) is 5.99. The largest absolute Gasteiger partial charge is 0.385 e. The van der Waals surface area contributed by atoms with E-state index in [0.29, 0.717) is 10.6 Å². The summed E-state index contributed by atoms with van der Waals surface area (Å²) in [5, 5.41) is 2.33. The van der Waals surface area contributed by atoms with E-state index in [-0.39, 0.29) is 0 Å². The standard InChI is InChI=1S/C14H11N3S/c15-13-12(8-16-14(18)17-13)11-7-3-5-9-4-1-2-6-10(9)11/h1-8H,(H3,15,16,17,18). The van der Waals surface area contributed by atoms with E-state index < -0.39 is 0 Å². The molecule has 3 N–H and O–H groups in total. The zero-order valence-electron chi connectivity index (χ0n) is 9.55. The quantitative estimate of drug-likeness (QED) is 0.652. The van der Waals surface area contributed by atoms with Crippen LogP contribution in [0.15, 0.2) is 48.7 Å². The number of anilines is 1. The molecule has 0 fully saturated rings. The van der Waals surface area contributed by atoms with Crippen molar-refractivity contribution in [2.24, 2.45) is 0 Å². The minimum Gasteiger partial charge on any atom is -0.385 e. The second-order valence-electron chi connectivity index (χ2n) is 4.04. The maximum absolute atomic E-state index is 5.98. The molecule has 4 heteroatoms. The third-order valence-corrected chi connectivity index (χ3v) is 3.13. The summed E-state index contributed by atoms with van der Waals surface area (Å²) in [5.41, 5.74) is 7.92. The predicted octanol–water partition coefficient (Wildman–Crippen LogP) is 3.54. The summed E-state index contributed by atoms with van der Waals surface area (Å²) in [4.78, 5) is 6.99. The van der Waals surface area contributed by atoms with Crippen molar-refractivity contribution in [2.45, 2.75) is 0 Å². The topological polar surface area (TPSA) is 54.7 Å². The summed E-state index contributed by atoms with van der Waals surface area (Å²) in [6.07, 6.45) is 1.72. The van der Waals surface area contributed by atoms with Gasteiger partial charge >= 0.3 is 0 Å². The van der Waals surface area contributed by atoms with Gasteiger partial charge in [0, 0.05) is 11.8 Å². The summed E-state index contributed by atoms with van der Waals surface area (Å²) in [5.74, 6) is 0.548. The fourth-order valence-electron chi connectivity index (χ4n) is 2.08. The van der Waals surface area contributed by atoms with Crippen molar-refractivity contribution in [3.63, 3.8) is 0 Å². The average Bonchev–Trinajstić information content (AvgIpc) is 2.38. The van der Waals surface area contributed by atoms with Crippen LogP contribution in [0.1, 0.15) is 0 Å². The monoisotopic (exact) mass is 253 g/mol. The van der Waals surface area contributed by atoms with Crippen molar-refractivity contribution in [3.8, 4) is 11.1 Å². The Hall–Kier alpha value is -2.20. The van der Waals surface area contributed by atoms with E-state index >= 15 is 0 Å². The molecule has 0 atom stereocenters. The van der Waals surface area contributed by atoms with Gasteiger partial charge in [-0.15, -0.1) is 0 Å². The van der Waals surface area contributed by atoms with Gasteiger partial charge in [-0.2, -0.15) is 0 Å². The van der Waals surface area contributed by atoms with Crippen LogP contribution < -0.4 is 5.73 Å². The Morgan fingerprint density at radius 3 is 2.61 bits per heavy atom. The van der Waals surface area contributed by atoms with E-state index in [0.717, 1.165) is 16.5 Å². The van der Waals surface area contributed by atoms with Crippen molar-refractivity contribution in [2.75, 3.05) is 5.73 Å². The van der Waals surface area contributed by atoms with Gasteiger partial charge in [0.2, 0.25) is 0 Å². The summed E-state index contributed by atoms with van der Waals surface area (Å²) < 4.78 is 0.400. The van der Waals surface area contributed by atoms with Gasteiger partial charge in [0.15, 0.2) is 4.77 Å². The zero-order valence-corrected chi connectivity index (χ0v) is 10.4. The molecule has 0 saturated carbocycles. The van der Waals surface area contributed by atoms with Gasteiger partial charge < -0.3 is 10.7 Å². The number of aromatic amines is 1. The lowest BCUT2D eigenvalue weighted by molar-refractivity contribution is 1.15. The zero-order chi connectivity index (χ0) is 12.5. The molecule has 1 heterocycles. The highest BCUT2D eigenvalue weighted by atomic mass is 32.1. The Balaban J connectivity index is 2.35. The lowest BCUT2D eigenvalue weighted by atomic mass is 10.00. The van der Waals surface area contributed by atoms with Gasteiger partial charge in [0.05, 0.1) is 0 Å². The first kappa shape index (κ1) is 10.9. The molecule has 0 aliphatic heterocycles. The highest BCUT2D eigenvalue weighted by Gasteiger charge is 2.07. The Labute approximate surface area is 109 Å². The van der Waals surface area contributed by atoms with Crippen LogP contribution in [0.2, 0.25) is 0 Å². The third-order valence-electron chi connectivity index (χ3n) is 2.92. The average molecular weight is 253 g/mol. The van der Waals surface area contributed by atoms with Crippen LogP contribution in [0, 0.1) is 4.77 Å². The van der Waals surface area contributed by atoms with E-state index in [1.165, 1.54) is 5.39 Å². The summed E-state index contributed by atoms with van der Waals surface area (Å²) >= 11 is 4.96. The van der Waals surface area contributed by atoms with Gasteiger partial charge in [-0.1, -0.05) is 42.5 Å². The fourth-order valence-corrected chi connectivity index (χ4v) is 2.25. The van der Waals surface area contributed by atoms with E-state index in [2.05, 4.69) is 28.2 Å². The van der Waals surface area contributed by atoms with Crippen LogP contribution in [-0.4, -0.2) is 9.97 Å². The highest BCUT2D eigenvalue weighted by molar-refractivity contribution is 7.71. The molecule has 0 aliphatic rings. The lowest BCUT2D eigenvalue weighted by Gasteiger charge is -2.08. The molecule has 0 amide bonds. The number of benzene rings is 2. The molecule has 0 aliphatic carbocycles. The Morgan fingerprint density at radius 2 is 1.78 bits per heavy atom. The second kappa shape index (κ2) is 4.23. The minimum absolute atomic E-state index is 0.400. The highest BCUT2D eigenvalue weighted by Crippen LogP contribution is 2.30. The van der Waals surface area contributed by atoms with Crippen molar-refractivity contribution < 1.29 is 0 Å². The number of fused-ring (bicyclic) bond motifs is 1. The van der Waals surface area contributed by atoms with Gasteiger partial charge in [-0.05, 0) is 28.6 Å². The molecule has 2 aromatic carbocycles. The first-order chi connectivity index (χ1) is 8.75. The van der Waals surface area contributed by atoms with Crippen LogP contribution in [0.3, 0.4) is 0 Å². The van der Waals surface area contributed by atoms with Crippen LogP contribution >= 0.6 is 12.2 Å². The molecular weight excluding hydrogens is 242 g/mol. The van der Waals surface area contributed by atoms with Crippen molar-refractivity contribution in [1.29, 1.82) is 0 Å². The molecule has 18 heavy (non-hydrogen) atoms. The molecule has 0 bridgehead atoms. The van der Waals surface area contributed by atoms with Crippen LogP contribution in [0.25, 0.3) is 21.9 Å². The lowest BCUT2D eigenvalue weighted by Crippen LogP contribution is -1.96. The normalized spacial score (nSPS) is 10.7. The molecule has 1 aromatic heterocycles. The van der Waals surface area contributed by atoms with Crippen molar-refractivity contribution >= 4 is 28.8 Å². The number of nitrogen functional groups attached to an aromatic ring is 1. The Kier molecular flexibility index (Phi) is 2.57. The molecule has 0 saturated heterocycles. The molecule has 3 rings (SSSR count). The number of nitrogens with one attached hydrogen (secondary N) is 1. The first-order valence-electron chi connectivity index (χ1n) is 5.58. The smallest absolute Gasteiger partial charge is 0.198 e. The Bertz CT molecular complexity index is 772. The number of hydrogen-bond acceptors (Lipinski definition) is 3. The van der Waals surface area contributed by atoms with Crippen LogP contribution in [0.4, 0.5) is 5.82 Å². The number of aromatic nitrogens is 2. The van der Waals surface area contributed by atoms with Gasteiger partial charge in [0.1, 0.15) is 5.82 Å². The van der Waals surface area contributed by atoms with E-state index in [9.17, 15) is 0 Å². The fraction of sp³-hybridized carbons (Fsp3) is 0. The summed E-state index contributed by atoms with van der Waals surface area (Å²) in [7, 11) is 0. The van der Waals surface area contributed by atoms with Crippen molar-refractivity contribution in [3.05, 3.63) is 53.4 Å². The molecule has 0 unspecified atom stereocenters. The summed E-state index contributed by atoms with van der Waals surface area (Å²) in [6.45, 7) is 0. The van der Waals surface area contributed by atoms with Gasteiger partial charge in [-0.3, -0.25) is 0 Å². The minimum atomic E-state index is 0.400. The van der Waals surface area contributed by atoms with Gasteiger partial charge in [-0.25, -0.2) is 4.98 Å². The van der Waals surface area contributed by atoms with Crippen LogP contribution in [0.5, 0.6) is 0 Å². The molecule has 0 radical (unpaired) electrons. The summed E-state index contributed by atoms with van der Waals surface area (Å²) in [6, 6.07) is 14.3. The second-order valence-corrected chi connectivity index (χ2v) is 4.43. The van der Waals surface area contributed by atoms with E-state index in [1.807, 2.05) is 24.3 Å². The van der Waals surface area contributed by atoms with Crippen molar-refractivity contribution in [1.82, 2.24) is 9.97 Å². The molecule has 88 valence electrons. The number of nitrogens with zero attached hydrogens (tertiary/aromatic N) is 1. The van der Waals surface area contributed by atoms with Crippen LogP contribution in [-0.2, 0) is 0 Å². The number of rotatable bonds is 1. The SMILES string of the molecule is Nc1[nH]c(=S)ncc1-c1cccc2ccccc12. The van der Waals surface area contributed by atoms with Gasteiger partial charge in [0.25, 0.3) is 0 Å². The molecular formula is C14H11N3S. The maximum Gasteiger partial charge on any atom is 0.198 e. The molecule has 0 spiro atoms. The maximum atomic E-state index is 5.98. The molecule has 3 aromatic rings. The molecule has 3 nitrogen and oxygen atoms in total. The van der Waals surface area contributed by atoms with E-state index in [1.54, 1.807) is 6.20 Å². The number of hydrogen-bond donors (Lipinski definition) is 2. The van der Waals surface area contributed by atoms with E-state index in [4.69, 9.17) is 18.0 Å². The number of nitrogens with two attached hydrogens (primary N) is 1. The third kappa shape index (κ3) is 1.76. The number of H-pyrrole nitrogens is 1.